The molecule has 0 spiro atoms. The van der Waals surface area contributed by atoms with Gasteiger partial charge in [-0.2, -0.15) is 0 Å². The first kappa shape index (κ1) is 16.8. The van der Waals surface area contributed by atoms with Crippen molar-refractivity contribution in [3.8, 4) is 0 Å². The second-order valence-electron chi connectivity index (χ2n) is 9.86. The fraction of sp³-hybridized carbons (Fsp3) is 0.857. The van der Waals surface area contributed by atoms with Gasteiger partial charge in [-0.1, -0.05) is 19.0 Å². The van der Waals surface area contributed by atoms with Crippen LogP contribution in [0.4, 0.5) is 0 Å². The average molecular weight is 355 g/mol. The van der Waals surface area contributed by atoms with Crippen LogP contribution in [0.1, 0.15) is 58.8 Å². The molecule has 0 N–H and O–H groups in total. The summed E-state index contributed by atoms with van der Waals surface area (Å²) in [6.45, 7) is 5.54. The van der Waals surface area contributed by atoms with Crippen LogP contribution >= 0.6 is 0 Å². The summed E-state index contributed by atoms with van der Waals surface area (Å²) < 4.78 is 6.23. The molecule has 5 rings (SSSR count). The largest absolute Gasteiger partial charge is 0.365 e. The van der Waals surface area contributed by atoms with Crippen molar-refractivity contribution in [1.29, 1.82) is 0 Å². The average Bonchev–Trinajstić information content (AvgIpc) is 3.34. The number of nitrogens with zero attached hydrogens (tertiary/aromatic N) is 3. The lowest BCUT2D eigenvalue weighted by molar-refractivity contribution is -0.117. The second-order valence-corrected chi connectivity index (χ2v) is 9.86. The highest BCUT2D eigenvalue weighted by Crippen LogP contribution is 2.70. The molecule has 5 nitrogen and oxygen atoms in total. The maximum absolute atomic E-state index is 12.0. The van der Waals surface area contributed by atoms with Gasteiger partial charge in [-0.25, -0.2) is 0 Å². The molecule has 1 saturated heterocycles. The van der Waals surface area contributed by atoms with Crippen LogP contribution in [0.15, 0.2) is 16.8 Å². The lowest BCUT2D eigenvalue weighted by Crippen LogP contribution is -2.53. The third-order valence-electron chi connectivity index (χ3n) is 9.07. The number of fused-ring (bicyclic) bond motifs is 8. The molecule has 4 fully saturated rings. The predicted octanol–water partition coefficient (Wildman–Crippen LogP) is 4.82. The molecule has 0 aromatic rings. The highest BCUT2D eigenvalue weighted by atomic mass is 16.6. The Morgan fingerprint density at radius 2 is 2.12 bits per heavy atom. The van der Waals surface area contributed by atoms with E-state index in [1.807, 2.05) is 6.08 Å². The molecule has 0 aromatic carbocycles. The highest BCUT2D eigenvalue weighted by molar-refractivity contribution is 5.92. The third kappa shape index (κ3) is 2.13. The fourth-order valence-electron chi connectivity index (χ4n) is 7.65. The summed E-state index contributed by atoms with van der Waals surface area (Å²) in [7, 11) is 0. The summed E-state index contributed by atoms with van der Waals surface area (Å²) in [5.74, 6) is 3.01. The molecule has 4 unspecified atom stereocenters. The van der Waals surface area contributed by atoms with Crippen molar-refractivity contribution in [3.05, 3.63) is 22.1 Å². The Morgan fingerprint density at radius 1 is 1.27 bits per heavy atom. The minimum absolute atomic E-state index is 0.167. The van der Waals surface area contributed by atoms with Crippen LogP contribution in [0.3, 0.4) is 0 Å². The van der Waals surface area contributed by atoms with E-state index in [0.717, 1.165) is 18.8 Å². The first-order chi connectivity index (χ1) is 12.5. The molecule has 5 aliphatic rings. The van der Waals surface area contributed by atoms with Crippen LogP contribution in [0.5, 0.6) is 0 Å². The van der Waals surface area contributed by atoms with E-state index in [0.29, 0.717) is 48.0 Å². The van der Waals surface area contributed by atoms with E-state index >= 15 is 0 Å². The van der Waals surface area contributed by atoms with Gasteiger partial charge in [0.05, 0.1) is 6.10 Å². The Kier molecular flexibility index (Phi) is 3.62. The molecular formula is C21H29N3O2. The quantitative estimate of drug-likeness (QED) is 0.315. The third-order valence-corrected chi connectivity index (χ3v) is 9.07. The van der Waals surface area contributed by atoms with Crippen molar-refractivity contribution in [2.75, 3.05) is 6.54 Å². The lowest BCUT2D eigenvalue weighted by atomic mass is 9.47. The van der Waals surface area contributed by atoms with Crippen LogP contribution in [0.2, 0.25) is 0 Å². The molecular weight excluding hydrogens is 326 g/mol. The molecule has 1 heterocycles. The van der Waals surface area contributed by atoms with Gasteiger partial charge in [0.2, 0.25) is 0 Å². The van der Waals surface area contributed by atoms with Crippen molar-refractivity contribution in [2.45, 2.75) is 71.0 Å². The standard InChI is InChI=1S/C21H29N3O2/c1-20-9-6-15-17(14(20)4-3-12(20)7-10-23-24-22)19-18(26-19)16-11-13(25)5-8-21(15,16)2/h11-12,14-15,17-19H,3-10H2,1-2H3/t12?,14?,15?,17?,18-,19+,20-,21-/m1/s1. The minimum atomic E-state index is 0.167. The topological polar surface area (TPSA) is 78.4 Å². The van der Waals surface area contributed by atoms with Gasteiger partial charge >= 0.3 is 0 Å². The SMILES string of the molecule is C[C@]12CCC3C(C1CCC2CCN=[N+]=[N-])[C@@H]1O[C@@H]1C1=CC(=O)CC[C@@]13C. The monoisotopic (exact) mass is 355 g/mol. The van der Waals surface area contributed by atoms with Crippen LogP contribution in [0, 0.1) is 34.5 Å². The summed E-state index contributed by atoms with van der Waals surface area (Å²) in [5.41, 5.74) is 10.5. The van der Waals surface area contributed by atoms with Crippen LogP contribution in [0.25, 0.3) is 10.4 Å². The lowest BCUT2D eigenvalue weighted by Gasteiger charge is -2.56. The van der Waals surface area contributed by atoms with E-state index in [1.165, 1.54) is 31.3 Å². The van der Waals surface area contributed by atoms with Gasteiger partial charge in [0.25, 0.3) is 0 Å². The smallest absolute Gasteiger partial charge is 0.155 e. The van der Waals surface area contributed by atoms with Crippen LogP contribution in [-0.2, 0) is 9.53 Å². The van der Waals surface area contributed by atoms with Crippen molar-refractivity contribution in [1.82, 2.24) is 0 Å². The summed E-state index contributed by atoms with van der Waals surface area (Å²) in [6.07, 6.45) is 10.3. The summed E-state index contributed by atoms with van der Waals surface area (Å²) >= 11 is 0. The Labute approximate surface area is 155 Å². The van der Waals surface area contributed by atoms with E-state index in [9.17, 15) is 4.79 Å². The summed E-state index contributed by atoms with van der Waals surface area (Å²) in [4.78, 5) is 15.0. The number of hydrogen-bond acceptors (Lipinski definition) is 3. The van der Waals surface area contributed by atoms with Gasteiger partial charge in [0.15, 0.2) is 5.78 Å². The van der Waals surface area contributed by atoms with Crippen LogP contribution in [-0.4, -0.2) is 24.5 Å². The maximum atomic E-state index is 12.0. The maximum Gasteiger partial charge on any atom is 0.155 e. The zero-order valence-corrected chi connectivity index (χ0v) is 15.9. The van der Waals surface area contributed by atoms with Crippen molar-refractivity contribution < 1.29 is 9.53 Å². The predicted molar refractivity (Wildman–Crippen MR) is 98.3 cm³/mol. The van der Waals surface area contributed by atoms with E-state index in [4.69, 9.17) is 10.3 Å². The molecule has 0 bridgehead atoms. The summed E-state index contributed by atoms with van der Waals surface area (Å²) in [5, 5.41) is 3.80. The number of azide groups is 1. The zero-order valence-electron chi connectivity index (χ0n) is 15.9. The minimum Gasteiger partial charge on any atom is -0.365 e. The second kappa shape index (κ2) is 5.59. The normalized spacial score (nSPS) is 51.3. The first-order valence-electron chi connectivity index (χ1n) is 10.4. The Balaban J connectivity index is 1.45. The number of hydrogen-bond donors (Lipinski definition) is 0. The fourth-order valence-corrected chi connectivity index (χ4v) is 7.65. The van der Waals surface area contributed by atoms with Gasteiger partial charge < -0.3 is 4.74 Å². The summed E-state index contributed by atoms with van der Waals surface area (Å²) in [6, 6.07) is 0. The highest BCUT2D eigenvalue weighted by Gasteiger charge is 2.68. The Hall–Kier alpha value is -1.32. The Morgan fingerprint density at radius 3 is 2.92 bits per heavy atom. The molecule has 5 heteroatoms. The molecule has 0 aromatic heterocycles. The zero-order chi connectivity index (χ0) is 18.1. The molecule has 0 radical (unpaired) electrons. The van der Waals surface area contributed by atoms with Crippen molar-refractivity contribution in [2.24, 2.45) is 39.6 Å². The number of carbonyl (C=O) groups is 1. The number of rotatable bonds is 3. The van der Waals surface area contributed by atoms with Crippen molar-refractivity contribution in [3.63, 3.8) is 0 Å². The molecule has 4 aliphatic carbocycles. The van der Waals surface area contributed by atoms with E-state index in [-0.39, 0.29) is 11.5 Å². The molecule has 0 amide bonds. The van der Waals surface area contributed by atoms with E-state index < -0.39 is 0 Å². The number of ether oxygens (including phenoxy) is 1. The number of epoxide rings is 1. The number of carbonyl (C=O) groups excluding carboxylic acids is 1. The van der Waals surface area contributed by atoms with Gasteiger partial charge in [-0.05, 0) is 90.2 Å². The molecule has 140 valence electrons. The van der Waals surface area contributed by atoms with Gasteiger partial charge in [-0.3, -0.25) is 4.79 Å². The van der Waals surface area contributed by atoms with Gasteiger partial charge in [0, 0.05) is 17.9 Å². The first-order valence-corrected chi connectivity index (χ1v) is 10.4. The molecule has 8 atom stereocenters. The van der Waals surface area contributed by atoms with Gasteiger partial charge in [-0.15, -0.1) is 0 Å². The Bertz CT molecular complexity index is 727. The molecule has 1 aliphatic heterocycles. The molecule has 3 saturated carbocycles. The van der Waals surface area contributed by atoms with Crippen molar-refractivity contribution >= 4 is 5.78 Å². The van der Waals surface area contributed by atoms with Gasteiger partial charge in [0.1, 0.15) is 6.10 Å². The molecule has 26 heavy (non-hydrogen) atoms. The van der Waals surface area contributed by atoms with E-state index in [2.05, 4.69) is 23.9 Å². The number of ketones is 1. The van der Waals surface area contributed by atoms with E-state index in [1.54, 1.807) is 0 Å². The van der Waals surface area contributed by atoms with Crippen LogP contribution < -0.4 is 0 Å².